The average molecular weight is 312 g/mol. The van der Waals surface area contributed by atoms with Gasteiger partial charge in [0.25, 0.3) is 5.91 Å². The fraction of sp³-hybridized carbons (Fsp3) is 0.533. The standard InChI is InChI=1S/C15H22ClN3O2/c1-11-8-13(16)9-12(2)15(11)21-10-14(20)17-19-6-4-18(3)5-7-19/h8-9H,4-7,10H2,1-3H3,(H,17,20). The van der Waals surface area contributed by atoms with Crippen molar-refractivity contribution in [2.75, 3.05) is 39.8 Å². The number of nitrogens with one attached hydrogen (secondary N) is 1. The SMILES string of the molecule is Cc1cc(Cl)cc(C)c1OCC(=O)NN1CCN(C)CC1. The second kappa shape index (κ2) is 7.11. The lowest BCUT2D eigenvalue weighted by molar-refractivity contribution is -0.128. The number of rotatable bonds is 4. The highest BCUT2D eigenvalue weighted by molar-refractivity contribution is 6.30. The molecule has 0 unspecified atom stereocenters. The van der Waals surface area contributed by atoms with E-state index in [2.05, 4.69) is 17.4 Å². The maximum absolute atomic E-state index is 11.9. The smallest absolute Gasteiger partial charge is 0.272 e. The molecular formula is C15H22ClN3O2. The number of hydrogen-bond donors (Lipinski definition) is 1. The predicted molar refractivity (Wildman–Crippen MR) is 83.6 cm³/mol. The van der Waals surface area contributed by atoms with Crippen molar-refractivity contribution in [1.29, 1.82) is 0 Å². The van der Waals surface area contributed by atoms with Gasteiger partial charge in [-0.1, -0.05) is 11.6 Å². The summed E-state index contributed by atoms with van der Waals surface area (Å²) in [5.74, 6) is 0.598. The normalized spacial score (nSPS) is 16.8. The number of carbonyl (C=O) groups excluding carboxylic acids is 1. The molecule has 0 radical (unpaired) electrons. The largest absolute Gasteiger partial charge is 0.483 e. The molecule has 0 atom stereocenters. The second-order valence-electron chi connectivity index (χ2n) is 5.48. The number of piperazine rings is 1. The molecule has 5 nitrogen and oxygen atoms in total. The van der Waals surface area contributed by atoms with Gasteiger partial charge >= 0.3 is 0 Å². The van der Waals surface area contributed by atoms with E-state index in [1.165, 1.54) is 0 Å². The summed E-state index contributed by atoms with van der Waals surface area (Å²) in [6.07, 6.45) is 0. The fourth-order valence-corrected chi connectivity index (χ4v) is 2.72. The quantitative estimate of drug-likeness (QED) is 0.918. The van der Waals surface area contributed by atoms with E-state index < -0.39 is 0 Å². The first-order valence-electron chi connectivity index (χ1n) is 7.08. The van der Waals surface area contributed by atoms with Crippen molar-refractivity contribution in [2.24, 2.45) is 0 Å². The zero-order valence-corrected chi connectivity index (χ0v) is 13.5. The number of likely N-dealkylation sites (N-methyl/N-ethyl adjacent to an activating group) is 1. The van der Waals surface area contributed by atoms with Crippen molar-refractivity contribution < 1.29 is 9.53 Å². The monoisotopic (exact) mass is 311 g/mol. The molecule has 0 spiro atoms. The topological polar surface area (TPSA) is 44.8 Å². The predicted octanol–water partition coefficient (Wildman–Crippen LogP) is 1.61. The Morgan fingerprint density at radius 1 is 1.24 bits per heavy atom. The molecule has 0 bridgehead atoms. The zero-order valence-electron chi connectivity index (χ0n) is 12.8. The summed E-state index contributed by atoms with van der Waals surface area (Å²) in [4.78, 5) is 14.2. The Morgan fingerprint density at radius 2 is 1.81 bits per heavy atom. The summed E-state index contributed by atoms with van der Waals surface area (Å²) in [6.45, 7) is 7.43. The Balaban J connectivity index is 1.84. The number of ether oxygens (including phenoxy) is 1. The first kappa shape index (κ1) is 16.1. The number of benzene rings is 1. The van der Waals surface area contributed by atoms with Crippen LogP contribution in [0.1, 0.15) is 11.1 Å². The highest BCUT2D eigenvalue weighted by Crippen LogP contribution is 2.26. The first-order valence-corrected chi connectivity index (χ1v) is 7.46. The molecule has 2 rings (SSSR count). The lowest BCUT2D eigenvalue weighted by Crippen LogP contribution is -2.53. The van der Waals surface area contributed by atoms with E-state index in [1.807, 2.05) is 31.0 Å². The molecule has 1 amide bonds. The minimum Gasteiger partial charge on any atom is -0.483 e. The molecule has 1 aromatic carbocycles. The third-order valence-electron chi connectivity index (χ3n) is 3.56. The van der Waals surface area contributed by atoms with Crippen LogP contribution < -0.4 is 10.2 Å². The van der Waals surface area contributed by atoms with Crippen LogP contribution in [0.5, 0.6) is 5.75 Å². The Bertz CT molecular complexity index is 491. The van der Waals surface area contributed by atoms with Gasteiger partial charge in [-0.2, -0.15) is 0 Å². The van der Waals surface area contributed by atoms with Crippen LogP contribution in [-0.2, 0) is 4.79 Å². The fourth-order valence-electron chi connectivity index (χ4n) is 2.39. The van der Waals surface area contributed by atoms with Gasteiger partial charge in [-0.25, -0.2) is 5.01 Å². The molecule has 1 N–H and O–H groups in total. The van der Waals surface area contributed by atoms with Crippen molar-refractivity contribution in [3.8, 4) is 5.75 Å². The molecule has 1 aliphatic rings. The van der Waals surface area contributed by atoms with E-state index in [9.17, 15) is 4.79 Å². The third kappa shape index (κ3) is 4.59. The van der Waals surface area contributed by atoms with Gasteiger partial charge in [-0.15, -0.1) is 0 Å². The van der Waals surface area contributed by atoms with Crippen LogP contribution in [0.4, 0.5) is 0 Å². The van der Waals surface area contributed by atoms with Gasteiger partial charge in [-0.05, 0) is 44.2 Å². The number of hydrazine groups is 1. The van der Waals surface area contributed by atoms with Gasteiger partial charge in [0, 0.05) is 31.2 Å². The molecule has 1 saturated heterocycles. The third-order valence-corrected chi connectivity index (χ3v) is 3.78. The van der Waals surface area contributed by atoms with Crippen LogP contribution in [0.15, 0.2) is 12.1 Å². The molecular weight excluding hydrogens is 290 g/mol. The number of aryl methyl sites for hydroxylation is 2. The van der Waals surface area contributed by atoms with Crippen LogP contribution >= 0.6 is 11.6 Å². The van der Waals surface area contributed by atoms with Crippen molar-refractivity contribution in [3.63, 3.8) is 0 Å². The molecule has 0 aromatic heterocycles. The summed E-state index contributed by atoms with van der Waals surface area (Å²) in [7, 11) is 2.08. The van der Waals surface area contributed by atoms with Crippen LogP contribution in [-0.4, -0.2) is 55.6 Å². The molecule has 116 valence electrons. The minimum atomic E-state index is -0.131. The molecule has 1 aromatic rings. The van der Waals surface area contributed by atoms with Gasteiger partial charge in [-0.3, -0.25) is 10.2 Å². The molecule has 0 aliphatic carbocycles. The number of amides is 1. The van der Waals surface area contributed by atoms with Crippen LogP contribution in [0.2, 0.25) is 5.02 Å². The number of hydrogen-bond acceptors (Lipinski definition) is 4. The van der Waals surface area contributed by atoms with E-state index >= 15 is 0 Å². The minimum absolute atomic E-state index is 0.00958. The second-order valence-corrected chi connectivity index (χ2v) is 5.92. The summed E-state index contributed by atoms with van der Waals surface area (Å²) < 4.78 is 5.64. The van der Waals surface area contributed by atoms with Crippen molar-refractivity contribution >= 4 is 17.5 Å². The summed E-state index contributed by atoms with van der Waals surface area (Å²) in [5, 5.41) is 2.62. The maximum Gasteiger partial charge on any atom is 0.272 e. The van der Waals surface area contributed by atoms with Gasteiger partial charge in [0.05, 0.1) is 0 Å². The summed E-state index contributed by atoms with van der Waals surface area (Å²) in [5.41, 5.74) is 4.75. The molecule has 1 heterocycles. The van der Waals surface area contributed by atoms with Gasteiger partial charge in [0.2, 0.25) is 0 Å². The lowest BCUT2D eigenvalue weighted by Gasteiger charge is -2.32. The van der Waals surface area contributed by atoms with Crippen LogP contribution in [0, 0.1) is 13.8 Å². The van der Waals surface area contributed by atoms with Gasteiger partial charge in [0.15, 0.2) is 6.61 Å². The number of carbonyl (C=O) groups is 1. The average Bonchev–Trinajstić information content (AvgIpc) is 2.40. The molecule has 1 fully saturated rings. The van der Waals surface area contributed by atoms with Crippen molar-refractivity contribution in [2.45, 2.75) is 13.8 Å². The molecule has 1 aliphatic heterocycles. The van der Waals surface area contributed by atoms with E-state index in [4.69, 9.17) is 16.3 Å². The van der Waals surface area contributed by atoms with Gasteiger partial charge in [0.1, 0.15) is 5.75 Å². The maximum atomic E-state index is 11.9. The Labute approximate surface area is 130 Å². The van der Waals surface area contributed by atoms with Crippen molar-refractivity contribution in [1.82, 2.24) is 15.3 Å². The van der Waals surface area contributed by atoms with Crippen LogP contribution in [0.25, 0.3) is 0 Å². The first-order chi connectivity index (χ1) is 9.95. The molecule has 21 heavy (non-hydrogen) atoms. The van der Waals surface area contributed by atoms with E-state index in [0.717, 1.165) is 43.1 Å². The Hall–Kier alpha value is -1.30. The van der Waals surface area contributed by atoms with E-state index in [-0.39, 0.29) is 12.5 Å². The van der Waals surface area contributed by atoms with E-state index in [1.54, 1.807) is 0 Å². The number of halogens is 1. The number of nitrogens with zero attached hydrogens (tertiary/aromatic N) is 2. The summed E-state index contributed by atoms with van der Waals surface area (Å²) in [6, 6.07) is 3.67. The highest BCUT2D eigenvalue weighted by Gasteiger charge is 2.16. The zero-order chi connectivity index (χ0) is 15.4. The van der Waals surface area contributed by atoms with E-state index in [0.29, 0.717) is 5.02 Å². The van der Waals surface area contributed by atoms with Crippen LogP contribution in [0.3, 0.4) is 0 Å². The Morgan fingerprint density at radius 3 is 2.38 bits per heavy atom. The molecule has 0 saturated carbocycles. The molecule has 6 heteroatoms. The highest BCUT2D eigenvalue weighted by atomic mass is 35.5. The van der Waals surface area contributed by atoms with Gasteiger partial charge < -0.3 is 9.64 Å². The lowest BCUT2D eigenvalue weighted by atomic mass is 10.1. The Kier molecular flexibility index (Phi) is 5.45. The van der Waals surface area contributed by atoms with Crippen molar-refractivity contribution in [3.05, 3.63) is 28.3 Å². The summed E-state index contributed by atoms with van der Waals surface area (Å²) >= 11 is 5.98.